The number of hydrogen-bond acceptors (Lipinski definition) is 4. The molecule has 1 aromatic rings. The van der Waals surface area contributed by atoms with Crippen LogP contribution in [0, 0.1) is 12.3 Å². The van der Waals surface area contributed by atoms with Gasteiger partial charge < -0.3 is 9.64 Å². The fourth-order valence-corrected chi connectivity index (χ4v) is 5.36. The highest BCUT2D eigenvalue weighted by atomic mass is 32.2. The van der Waals surface area contributed by atoms with Crippen LogP contribution >= 0.6 is 23.5 Å². The summed E-state index contributed by atoms with van der Waals surface area (Å²) >= 11 is 4.01. The van der Waals surface area contributed by atoms with Gasteiger partial charge in [-0.2, -0.15) is 0 Å². The SMILES string of the molecule is C#CCOc1cc(N(CC)CC)ccc1C1SCCCS1. The van der Waals surface area contributed by atoms with Gasteiger partial charge in [0.25, 0.3) is 0 Å². The van der Waals surface area contributed by atoms with Gasteiger partial charge in [0.2, 0.25) is 0 Å². The second-order valence-corrected chi connectivity index (χ2v) is 7.54. The molecule has 1 aliphatic rings. The van der Waals surface area contributed by atoms with Gasteiger partial charge in [0.05, 0.1) is 4.58 Å². The molecule has 0 spiro atoms. The molecule has 114 valence electrons. The van der Waals surface area contributed by atoms with Crippen LogP contribution in [0.3, 0.4) is 0 Å². The molecular weight excluding hydrogens is 298 g/mol. The Hall–Kier alpha value is -0.920. The van der Waals surface area contributed by atoms with Crippen LogP contribution in [0.4, 0.5) is 5.69 Å². The number of nitrogens with zero attached hydrogens (tertiary/aromatic N) is 1. The van der Waals surface area contributed by atoms with Crippen molar-refractivity contribution < 1.29 is 4.74 Å². The van der Waals surface area contributed by atoms with Gasteiger partial charge in [-0.1, -0.05) is 12.0 Å². The maximum absolute atomic E-state index is 5.83. The molecule has 1 heterocycles. The molecule has 4 heteroatoms. The first-order valence-electron chi connectivity index (χ1n) is 7.48. The number of anilines is 1. The van der Waals surface area contributed by atoms with E-state index >= 15 is 0 Å². The first kappa shape index (κ1) is 16.5. The van der Waals surface area contributed by atoms with Gasteiger partial charge in [-0.3, -0.25) is 0 Å². The average molecular weight is 322 g/mol. The van der Waals surface area contributed by atoms with Crippen LogP contribution in [0.15, 0.2) is 18.2 Å². The Bertz CT molecular complexity index is 488. The molecule has 2 rings (SSSR count). The van der Waals surface area contributed by atoms with Gasteiger partial charge in [0.15, 0.2) is 0 Å². The number of benzene rings is 1. The Morgan fingerprint density at radius 1 is 1.29 bits per heavy atom. The zero-order valence-corrected chi connectivity index (χ0v) is 14.4. The molecule has 0 aliphatic carbocycles. The maximum Gasteiger partial charge on any atom is 0.148 e. The molecule has 0 bridgehead atoms. The summed E-state index contributed by atoms with van der Waals surface area (Å²) in [7, 11) is 0. The van der Waals surface area contributed by atoms with E-state index < -0.39 is 0 Å². The van der Waals surface area contributed by atoms with Crippen molar-refractivity contribution in [2.75, 3.05) is 36.1 Å². The maximum atomic E-state index is 5.83. The number of hydrogen-bond donors (Lipinski definition) is 0. The molecular formula is C17H23NOS2. The Morgan fingerprint density at radius 2 is 2.00 bits per heavy atom. The van der Waals surface area contributed by atoms with E-state index in [-0.39, 0.29) is 0 Å². The normalized spacial score (nSPS) is 15.5. The minimum atomic E-state index is 0.330. The Morgan fingerprint density at radius 3 is 2.62 bits per heavy atom. The van der Waals surface area contributed by atoms with Crippen LogP contribution < -0.4 is 9.64 Å². The minimum Gasteiger partial charge on any atom is -0.481 e. The molecule has 0 atom stereocenters. The van der Waals surface area contributed by atoms with Gasteiger partial charge in [-0.05, 0) is 37.8 Å². The molecule has 0 saturated carbocycles. The predicted octanol–water partition coefficient (Wildman–Crippen LogP) is 4.41. The molecule has 1 aliphatic heterocycles. The second kappa shape index (κ2) is 8.51. The van der Waals surface area contributed by atoms with Crippen LogP contribution in [0.1, 0.15) is 30.4 Å². The fraction of sp³-hybridized carbons (Fsp3) is 0.529. The first-order valence-corrected chi connectivity index (χ1v) is 9.58. The molecule has 1 saturated heterocycles. The lowest BCUT2D eigenvalue weighted by atomic mass is 10.2. The molecule has 21 heavy (non-hydrogen) atoms. The van der Waals surface area contributed by atoms with Crippen molar-refractivity contribution in [1.82, 2.24) is 0 Å². The highest BCUT2D eigenvalue weighted by molar-refractivity contribution is 8.16. The van der Waals surface area contributed by atoms with Crippen LogP contribution in [0.5, 0.6) is 5.75 Å². The van der Waals surface area contributed by atoms with Crippen molar-refractivity contribution in [2.45, 2.75) is 24.9 Å². The van der Waals surface area contributed by atoms with Crippen molar-refractivity contribution in [2.24, 2.45) is 0 Å². The van der Waals surface area contributed by atoms with Crippen LogP contribution in [-0.4, -0.2) is 31.2 Å². The summed E-state index contributed by atoms with van der Waals surface area (Å²) in [5.74, 6) is 5.97. The van der Waals surface area contributed by atoms with Crippen molar-refractivity contribution in [3.63, 3.8) is 0 Å². The molecule has 0 unspecified atom stereocenters. The Labute approximate surface area is 137 Å². The molecule has 0 radical (unpaired) electrons. The smallest absolute Gasteiger partial charge is 0.148 e. The summed E-state index contributed by atoms with van der Waals surface area (Å²) in [6.07, 6.45) is 6.65. The molecule has 0 amide bonds. The fourth-order valence-electron chi connectivity index (χ4n) is 2.41. The van der Waals surface area contributed by atoms with Crippen LogP contribution in [0.25, 0.3) is 0 Å². The summed E-state index contributed by atoms with van der Waals surface area (Å²) in [6, 6.07) is 6.58. The number of ether oxygens (including phenoxy) is 1. The Balaban J connectivity index is 2.28. The van der Waals surface area contributed by atoms with E-state index in [1.54, 1.807) is 0 Å². The predicted molar refractivity (Wildman–Crippen MR) is 96.6 cm³/mol. The minimum absolute atomic E-state index is 0.330. The standard InChI is InChI=1S/C17H23NOS2/c1-4-10-19-16-13-14(18(5-2)6-3)8-9-15(16)17-20-11-7-12-21-17/h1,8-9,13,17H,5-7,10-12H2,2-3H3. The summed E-state index contributed by atoms with van der Waals surface area (Å²) in [5.41, 5.74) is 2.48. The van der Waals surface area contributed by atoms with E-state index in [0.717, 1.165) is 18.8 Å². The monoisotopic (exact) mass is 321 g/mol. The van der Waals surface area contributed by atoms with Crippen LogP contribution in [-0.2, 0) is 0 Å². The summed E-state index contributed by atoms with van der Waals surface area (Å²) in [6.45, 7) is 6.67. The lowest BCUT2D eigenvalue weighted by molar-refractivity contribution is 0.367. The Kier molecular flexibility index (Phi) is 6.66. The molecule has 1 fully saturated rings. The van der Waals surface area contributed by atoms with E-state index in [1.807, 2.05) is 23.5 Å². The largest absolute Gasteiger partial charge is 0.481 e. The number of terminal acetylenes is 1. The molecule has 2 nitrogen and oxygen atoms in total. The van der Waals surface area contributed by atoms with E-state index in [1.165, 1.54) is 29.2 Å². The first-order chi connectivity index (χ1) is 10.3. The third kappa shape index (κ3) is 4.28. The van der Waals surface area contributed by atoms with E-state index in [2.05, 4.69) is 42.9 Å². The third-order valence-corrected chi connectivity index (χ3v) is 6.50. The topological polar surface area (TPSA) is 12.5 Å². The molecule has 1 aromatic carbocycles. The van der Waals surface area contributed by atoms with Crippen molar-refractivity contribution in [1.29, 1.82) is 0 Å². The number of thioether (sulfide) groups is 2. The quantitative estimate of drug-likeness (QED) is 0.719. The van der Waals surface area contributed by atoms with Crippen molar-refractivity contribution in [3.05, 3.63) is 23.8 Å². The van der Waals surface area contributed by atoms with Gasteiger partial charge in [0, 0.05) is 30.4 Å². The van der Waals surface area contributed by atoms with Crippen molar-refractivity contribution >= 4 is 29.2 Å². The summed E-state index contributed by atoms with van der Waals surface area (Å²) in [4.78, 5) is 2.33. The average Bonchev–Trinajstić information content (AvgIpc) is 2.55. The van der Waals surface area contributed by atoms with Gasteiger partial charge in [0.1, 0.15) is 12.4 Å². The van der Waals surface area contributed by atoms with Crippen LogP contribution in [0.2, 0.25) is 0 Å². The zero-order chi connectivity index (χ0) is 15.1. The highest BCUT2D eigenvalue weighted by Gasteiger charge is 2.21. The van der Waals surface area contributed by atoms with E-state index in [9.17, 15) is 0 Å². The third-order valence-electron chi connectivity index (χ3n) is 3.52. The van der Waals surface area contributed by atoms with Gasteiger partial charge in [-0.25, -0.2) is 0 Å². The highest BCUT2D eigenvalue weighted by Crippen LogP contribution is 2.47. The van der Waals surface area contributed by atoms with E-state index in [0.29, 0.717) is 11.2 Å². The van der Waals surface area contributed by atoms with E-state index in [4.69, 9.17) is 11.2 Å². The second-order valence-electron chi connectivity index (χ2n) is 4.81. The molecule has 0 N–H and O–H groups in total. The van der Waals surface area contributed by atoms with Gasteiger partial charge in [-0.15, -0.1) is 29.9 Å². The van der Waals surface area contributed by atoms with Crippen molar-refractivity contribution in [3.8, 4) is 18.1 Å². The summed E-state index contributed by atoms with van der Waals surface area (Å²) < 4.78 is 6.30. The zero-order valence-electron chi connectivity index (χ0n) is 12.8. The number of rotatable bonds is 6. The lowest BCUT2D eigenvalue weighted by Gasteiger charge is -2.26. The summed E-state index contributed by atoms with van der Waals surface area (Å²) in [5, 5.41) is 0. The molecule has 0 aromatic heterocycles. The lowest BCUT2D eigenvalue weighted by Crippen LogP contribution is -2.21. The van der Waals surface area contributed by atoms with Gasteiger partial charge >= 0.3 is 0 Å².